The lowest BCUT2D eigenvalue weighted by Gasteiger charge is -2.10. The highest BCUT2D eigenvalue weighted by atomic mass is 16.5. The highest BCUT2D eigenvalue weighted by Gasteiger charge is 2.07. The standard InChI is InChI=1S/C14H14N2O3/c15-14-12(6-3-7-16-14)19-9-11-5-2-1-4-10(11)8-13(17)18/h1-7H,8-9H2,(H2,15,16)(H,17,18). The lowest BCUT2D eigenvalue weighted by molar-refractivity contribution is -0.136. The van der Waals surface area contributed by atoms with E-state index < -0.39 is 5.97 Å². The van der Waals surface area contributed by atoms with E-state index in [2.05, 4.69) is 4.98 Å². The van der Waals surface area contributed by atoms with Gasteiger partial charge in [-0.05, 0) is 23.3 Å². The van der Waals surface area contributed by atoms with E-state index in [4.69, 9.17) is 15.6 Å². The van der Waals surface area contributed by atoms with Crippen molar-refractivity contribution in [2.75, 3.05) is 5.73 Å². The molecule has 0 aliphatic heterocycles. The molecule has 0 radical (unpaired) electrons. The highest BCUT2D eigenvalue weighted by Crippen LogP contribution is 2.19. The molecule has 5 heteroatoms. The molecule has 1 aromatic carbocycles. The van der Waals surface area contributed by atoms with E-state index in [9.17, 15) is 4.79 Å². The van der Waals surface area contributed by atoms with Crippen molar-refractivity contribution in [3.63, 3.8) is 0 Å². The number of carboxylic acid groups (broad SMARTS) is 1. The molecule has 0 fully saturated rings. The molecule has 2 aromatic rings. The summed E-state index contributed by atoms with van der Waals surface area (Å²) >= 11 is 0. The molecular weight excluding hydrogens is 244 g/mol. The Bertz CT molecular complexity index is 584. The summed E-state index contributed by atoms with van der Waals surface area (Å²) in [7, 11) is 0. The van der Waals surface area contributed by atoms with Crippen LogP contribution in [0.3, 0.4) is 0 Å². The number of hydrogen-bond donors (Lipinski definition) is 2. The number of aliphatic carboxylic acids is 1. The fourth-order valence-corrected chi connectivity index (χ4v) is 1.71. The normalized spacial score (nSPS) is 10.1. The number of ether oxygens (including phenoxy) is 1. The zero-order valence-corrected chi connectivity index (χ0v) is 10.2. The maximum atomic E-state index is 10.8. The Labute approximate surface area is 110 Å². The highest BCUT2D eigenvalue weighted by molar-refractivity contribution is 5.70. The summed E-state index contributed by atoms with van der Waals surface area (Å²) in [6, 6.07) is 10.7. The van der Waals surface area contributed by atoms with Crippen LogP contribution in [0.15, 0.2) is 42.6 Å². The van der Waals surface area contributed by atoms with Gasteiger partial charge in [0.15, 0.2) is 11.6 Å². The quantitative estimate of drug-likeness (QED) is 0.855. The minimum absolute atomic E-state index is 0.0257. The number of nitrogens with two attached hydrogens (primary N) is 1. The van der Waals surface area contributed by atoms with Crippen LogP contribution in [-0.2, 0) is 17.8 Å². The van der Waals surface area contributed by atoms with Gasteiger partial charge in [-0.25, -0.2) is 4.98 Å². The smallest absolute Gasteiger partial charge is 0.307 e. The molecule has 0 aliphatic rings. The van der Waals surface area contributed by atoms with Crippen molar-refractivity contribution in [2.45, 2.75) is 13.0 Å². The molecule has 0 aliphatic carbocycles. The molecule has 0 unspecified atom stereocenters. The number of nitrogens with zero attached hydrogens (tertiary/aromatic N) is 1. The average molecular weight is 258 g/mol. The van der Waals surface area contributed by atoms with Gasteiger partial charge in [-0.2, -0.15) is 0 Å². The Kier molecular flexibility index (Phi) is 3.97. The third-order valence-corrected chi connectivity index (χ3v) is 2.64. The van der Waals surface area contributed by atoms with Crippen LogP contribution < -0.4 is 10.5 Å². The van der Waals surface area contributed by atoms with Crippen molar-refractivity contribution >= 4 is 11.8 Å². The van der Waals surface area contributed by atoms with Crippen LogP contribution in [0.1, 0.15) is 11.1 Å². The number of nitrogen functional groups attached to an aromatic ring is 1. The van der Waals surface area contributed by atoms with Crippen LogP contribution in [0.4, 0.5) is 5.82 Å². The predicted octanol–water partition coefficient (Wildman–Crippen LogP) is 1.87. The van der Waals surface area contributed by atoms with E-state index >= 15 is 0 Å². The molecule has 3 N–H and O–H groups in total. The van der Waals surface area contributed by atoms with Gasteiger partial charge in [-0.1, -0.05) is 24.3 Å². The van der Waals surface area contributed by atoms with E-state index in [-0.39, 0.29) is 13.0 Å². The second kappa shape index (κ2) is 5.86. The van der Waals surface area contributed by atoms with E-state index in [1.54, 1.807) is 30.5 Å². The fraction of sp³-hybridized carbons (Fsp3) is 0.143. The minimum atomic E-state index is -0.867. The minimum Gasteiger partial charge on any atom is -0.485 e. The SMILES string of the molecule is Nc1ncccc1OCc1ccccc1CC(=O)O. The lowest BCUT2D eigenvalue weighted by Crippen LogP contribution is -2.06. The first-order valence-corrected chi connectivity index (χ1v) is 5.78. The molecule has 1 heterocycles. The van der Waals surface area contributed by atoms with Gasteiger partial charge in [0, 0.05) is 6.20 Å². The van der Waals surface area contributed by atoms with Crippen molar-refractivity contribution in [3.8, 4) is 5.75 Å². The number of pyridine rings is 1. The molecule has 19 heavy (non-hydrogen) atoms. The first-order chi connectivity index (χ1) is 9.16. The Morgan fingerprint density at radius 3 is 2.63 bits per heavy atom. The van der Waals surface area contributed by atoms with Crippen molar-refractivity contribution in [1.82, 2.24) is 4.98 Å². The third kappa shape index (κ3) is 3.45. The molecule has 0 saturated carbocycles. The molecule has 0 amide bonds. The summed E-state index contributed by atoms with van der Waals surface area (Å²) < 4.78 is 5.56. The summed E-state index contributed by atoms with van der Waals surface area (Å²) in [5, 5.41) is 8.85. The van der Waals surface area contributed by atoms with Crippen LogP contribution in [0.2, 0.25) is 0 Å². The van der Waals surface area contributed by atoms with Crippen molar-refractivity contribution < 1.29 is 14.6 Å². The predicted molar refractivity (Wildman–Crippen MR) is 70.8 cm³/mol. The molecule has 1 aromatic heterocycles. The summed E-state index contributed by atoms with van der Waals surface area (Å²) in [5.74, 6) is -0.0563. The van der Waals surface area contributed by atoms with E-state index in [1.807, 2.05) is 12.1 Å². The first-order valence-electron chi connectivity index (χ1n) is 5.78. The van der Waals surface area contributed by atoms with Crippen LogP contribution in [0.25, 0.3) is 0 Å². The van der Waals surface area contributed by atoms with Crippen LogP contribution in [-0.4, -0.2) is 16.1 Å². The summed E-state index contributed by atoms with van der Waals surface area (Å²) in [6.45, 7) is 0.263. The number of hydrogen-bond acceptors (Lipinski definition) is 4. The van der Waals surface area contributed by atoms with Crippen LogP contribution in [0, 0.1) is 0 Å². The van der Waals surface area contributed by atoms with E-state index in [1.165, 1.54) is 0 Å². The van der Waals surface area contributed by atoms with Gasteiger partial charge in [-0.15, -0.1) is 0 Å². The van der Waals surface area contributed by atoms with Crippen LogP contribution in [0.5, 0.6) is 5.75 Å². The van der Waals surface area contributed by atoms with E-state index in [0.29, 0.717) is 11.6 Å². The van der Waals surface area contributed by atoms with Gasteiger partial charge >= 0.3 is 5.97 Å². The molecule has 0 bridgehead atoms. The summed E-state index contributed by atoms with van der Waals surface area (Å²) in [5.41, 5.74) is 7.23. The Morgan fingerprint density at radius 1 is 1.21 bits per heavy atom. The topological polar surface area (TPSA) is 85.4 Å². The van der Waals surface area contributed by atoms with Crippen molar-refractivity contribution in [3.05, 3.63) is 53.7 Å². The molecular formula is C14H14N2O3. The van der Waals surface area contributed by atoms with Gasteiger partial charge in [0.05, 0.1) is 6.42 Å². The van der Waals surface area contributed by atoms with Gasteiger partial charge in [-0.3, -0.25) is 4.79 Å². The largest absolute Gasteiger partial charge is 0.485 e. The number of aromatic nitrogens is 1. The van der Waals surface area contributed by atoms with Gasteiger partial charge in [0.25, 0.3) is 0 Å². The number of anilines is 1. The molecule has 0 spiro atoms. The Balaban J connectivity index is 2.11. The number of rotatable bonds is 5. The number of carboxylic acids is 1. The Hall–Kier alpha value is -2.56. The zero-order chi connectivity index (χ0) is 13.7. The number of benzene rings is 1. The van der Waals surface area contributed by atoms with Crippen molar-refractivity contribution in [1.29, 1.82) is 0 Å². The maximum Gasteiger partial charge on any atom is 0.307 e. The second-order valence-electron chi connectivity index (χ2n) is 4.01. The van der Waals surface area contributed by atoms with Crippen molar-refractivity contribution in [2.24, 2.45) is 0 Å². The number of carbonyl (C=O) groups is 1. The monoisotopic (exact) mass is 258 g/mol. The fourth-order valence-electron chi connectivity index (χ4n) is 1.71. The summed E-state index contributed by atoms with van der Waals surface area (Å²) in [4.78, 5) is 14.7. The maximum absolute atomic E-state index is 10.8. The average Bonchev–Trinajstić information content (AvgIpc) is 2.39. The molecule has 0 atom stereocenters. The summed E-state index contributed by atoms with van der Waals surface area (Å²) in [6.07, 6.45) is 1.56. The first kappa shape index (κ1) is 12.9. The van der Waals surface area contributed by atoms with Crippen LogP contribution >= 0.6 is 0 Å². The Morgan fingerprint density at radius 2 is 1.95 bits per heavy atom. The molecule has 0 saturated heterocycles. The zero-order valence-electron chi connectivity index (χ0n) is 10.2. The molecule has 5 nitrogen and oxygen atoms in total. The lowest BCUT2D eigenvalue weighted by atomic mass is 10.1. The molecule has 98 valence electrons. The van der Waals surface area contributed by atoms with Gasteiger partial charge in [0.2, 0.25) is 0 Å². The van der Waals surface area contributed by atoms with Gasteiger partial charge in [0.1, 0.15) is 6.61 Å². The third-order valence-electron chi connectivity index (χ3n) is 2.64. The van der Waals surface area contributed by atoms with E-state index in [0.717, 1.165) is 11.1 Å². The van der Waals surface area contributed by atoms with Gasteiger partial charge < -0.3 is 15.6 Å². The molecule has 2 rings (SSSR count). The second-order valence-corrected chi connectivity index (χ2v) is 4.01.